The molecular formula is C15H21IN4O. The van der Waals surface area contributed by atoms with Gasteiger partial charge in [0.25, 0.3) is 0 Å². The summed E-state index contributed by atoms with van der Waals surface area (Å²) in [4.78, 5) is 4.14. The molecule has 1 aromatic carbocycles. The van der Waals surface area contributed by atoms with Gasteiger partial charge in [0.2, 0.25) is 0 Å². The summed E-state index contributed by atoms with van der Waals surface area (Å²) in [6, 6.07) is 11.9. The maximum absolute atomic E-state index is 5.35. The minimum Gasteiger partial charge on any atom is -0.356 e. The fraction of sp³-hybridized carbons (Fsp3) is 0.333. The number of halogens is 1. The zero-order chi connectivity index (χ0) is 14.2. The molecular weight excluding hydrogens is 379 g/mol. The van der Waals surface area contributed by atoms with Crippen LogP contribution in [0.1, 0.15) is 19.0 Å². The summed E-state index contributed by atoms with van der Waals surface area (Å²) in [5, 5.41) is 10.5. The number of hydrogen-bond acceptors (Lipinski definition) is 3. The number of benzene rings is 1. The first kappa shape index (κ1) is 17.5. The molecule has 21 heavy (non-hydrogen) atoms. The molecule has 0 fully saturated rings. The van der Waals surface area contributed by atoms with E-state index in [-0.39, 0.29) is 24.0 Å². The lowest BCUT2D eigenvalue weighted by Gasteiger charge is -2.09. The predicted molar refractivity (Wildman–Crippen MR) is 95.8 cm³/mol. The van der Waals surface area contributed by atoms with E-state index in [9.17, 15) is 0 Å². The molecule has 0 spiro atoms. The molecule has 114 valence electrons. The van der Waals surface area contributed by atoms with Gasteiger partial charge in [-0.3, -0.25) is 4.99 Å². The minimum atomic E-state index is 0. The summed E-state index contributed by atoms with van der Waals surface area (Å²) in [5.41, 5.74) is 1.88. The second-order valence-electron chi connectivity index (χ2n) is 4.40. The lowest BCUT2D eigenvalue weighted by molar-refractivity contribution is 0.422. The van der Waals surface area contributed by atoms with Gasteiger partial charge in [0.1, 0.15) is 5.69 Å². The molecule has 2 aromatic rings. The Kier molecular flexibility index (Phi) is 7.81. The fourth-order valence-electron chi connectivity index (χ4n) is 1.77. The number of nitrogens with zero attached hydrogens (tertiary/aromatic N) is 2. The first-order valence-electron chi connectivity index (χ1n) is 6.79. The molecule has 0 bridgehead atoms. The fourth-order valence-corrected chi connectivity index (χ4v) is 1.77. The molecule has 0 saturated carbocycles. The lowest BCUT2D eigenvalue weighted by atomic mass is 10.2. The number of aromatic nitrogens is 1. The third-order valence-electron chi connectivity index (χ3n) is 2.82. The van der Waals surface area contributed by atoms with Crippen molar-refractivity contribution in [2.45, 2.75) is 19.9 Å². The molecule has 5 nitrogen and oxygen atoms in total. The maximum atomic E-state index is 5.35. The molecule has 0 radical (unpaired) electrons. The van der Waals surface area contributed by atoms with Crippen molar-refractivity contribution in [3.63, 3.8) is 0 Å². The van der Waals surface area contributed by atoms with E-state index < -0.39 is 0 Å². The largest absolute Gasteiger partial charge is 0.356 e. The van der Waals surface area contributed by atoms with Gasteiger partial charge in [0.15, 0.2) is 11.7 Å². The highest BCUT2D eigenvalue weighted by atomic mass is 127. The molecule has 0 unspecified atom stereocenters. The molecule has 0 atom stereocenters. The predicted octanol–water partition coefficient (Wildman–Crippen LogP) is 3.03. The summed E-state index contributed by atoms with van der Waals surface area (Å²) in [5.74, 6) is 1.55. The Morgan fingerprint density at radius 3 is 2.67 bits per heavy atom. The Hall–Kier alpha value is -1.57. The van der Waals surface area contributed by atoms with Crippen LogP contribution in [0, 0.1) is 0 Å². The van der Waals surface area contributed by atoms with Gasteiger partial charge in [0, 0.05) is 25.2 Å². The second kappa shape index (κ2) is 9.38. The van der Waals surface area contributed by atoms with E-state index in [0.29, 0.717) is 6.54 Å². The van der Waals surface area contributed by atoms with Crippen LogP contribution in [0.2, 0.25) is 0 Å². The van der Waals surface area contributed by atoms with Crippen LogP contribution in [-0.2, 0) is 6.54 Å². The van der Waals surface area contributed by atoms with Crippen molar-refractivity contribution >= 4 is 29.9 Å². The third-order valence-corrected chi connectivity index (χ3v) is 2.82. The summed E-state index contributed by atoms with van der Waals surface area (Å²) >= 11 is 0. The van der Waals surface area contributed by atoms with Gasteiger partial charge in [-0.2, -0.15) is 0 Å². The Balaban J connectivity index is 0.00000220. The average Bonchev–Trinajstić information content (AvgIpc) is 2.97. The zero-order valence-electron chi connectivity index (χ0n) is 12.3. The molecule has 2 rings (SSSR count). The van der Waals surface area contributed by atoms with Crippen LogP contribution < -0.4 is 10.6 Å². The molecule has 0 saturated heterocycles. The molecule has 1 aromatic heterocycles. The van der Waals surface area contributed by atoms with Gasteiger partial charge >= 0.3 is 0 Å². The Morgan fingerprint density at radius 1 is 1.24 bits per heavy atom. The average molecular weight is 400 g/mol. The first-order chi connectivity index (χ1) is 9.83. The van der Waals surface area contributed by atoms with Gasteiger partial charge in [-0.25, -0.2) is 0 Å². The van der Waals surface area contributed by atoms with E-state index >= 15 is 0 Å². The molecule has 6 heteroatoms. The van der Waals surface area contributed by atoms with Gasteiger partial charge in [-0.1, -0.05) is 42.4 Å². The van der Waals surface area contributed by atoms with E-state index in [1.54, 1.807) is 7.05 Å². The van der Waals surface area contributed by atoms with Crippen LogP contribution in [0.25, 0.3) is 11.3 Å². The lowest BCUT2D eigenvalue weighted by Crippen LogP contribution is -2.37. The molecule has 0 amide bonds. The Labute approximate surface area is 142 Å². The number of aliphatic imine (C=N–C) groups is 1. The van der Waals surface area contributed by atoms with E-state index in [1.165, 1.54) is 0 Å². The van der Waals surface area contributed by atoms with E-state index in [2.05, 4.69) is 27.7 Å². The quantitative estimate of drug-likeness (QED) is 0.460. The van der Waals surface area contributed by atoms with Crippen molar-refractivity contribution in [3.05, 3.63) is 42.1 Å². The van der Waals surface area contributed by atoms with Crippen molar-refractivity contribution in [2.75, 3.05) is 13.6 Å². The van der Waals surface area contributed by atoms with Crippen molar-refractivity contribution in [1.82, 2.24) is 15.8 Å². The number of nitrogens with one attached hydrogen (secondary N) is 2. The minimum absolute atomic E-state index is 0. The summed E-state index contributed by atoms with van der Waals surface area (Å²) in [6.07, 6.45) is 1.06. The Morgan fingerprint density at radius 2 is 2.00 bits per heavy atom. The van der Waals surface area contributed by atoms with Crippen LogP contribution in [0.3, 0.4) is 0 Å². The number of guanidine groups is 1. The summed E-state index contributed by atoms with van der Waals surface area (Å²) in [7, 11) is 1.75. The van der Waals surface area contributed by atoms with Gasteiger partial charge < -0.3 is 15.2 Å². The van der Waals surface area contributed by atoms with E-state index in [4.69, 9.17) is 4.52 Å². The molecule has 2 N–H and O–H groups in total. The highest BCUT2D eigenvalue weighted by Gasteiger charge is 2.06. The third kappa shape index (κ3) is 5.37. The standard InChI is InChI=1S/C15H20N4O.HI/c1-3-9-17-15(16-2)18-11-13-10-14(20-19-13)12-7-5-4-6-8-12;/h4-8,10H,3,9,11H2,1-2H3,(H2,16,17,18);1H. The second-order valence-corrected chi connectivity index (χ2v) is 4.40. The molecule has 0 aliphatic heterocycles. The van der Waals surface area contributed by atoms with Crippen LogP contribution in [-0.4, -0.2) is 24.7 Å². The highest BCUT2D eigenvalue weighted by Crippen LogP contribution is 2.19. The Bertz CT molecular complexity index is 554. The summed E-state index contributed by atoms with van der Waals surface area (Å²) < 4.78 is 5.35. The monoisotopic (exact) mass is 400 g/mol. The van der Waals surface area contributed by atoms with Gasteiger partial charge in [-0.05, 0) is 6.42 Å². The molecule has 0 aliphatic rings. The zero-order valence-corrected chi connectivity index (χ0v) is 14.6. The number of hydrogen-bond donors (Lipinski definition) is 2. The normalized spacial score (nSPS) is 10.9. The van der Waals surface area contributed by atoms with Crippen LogP contribution in [0.4, 0.5) is 0 Å². The molecule has 0 aliphatic carbocycles. The highest BCUT2D eigenvalue weighted by molar-refractivity contribution is 14.0. The topological polar surface area (TPSA) is 62.5 Å². The molecule has 1 heterocycles. The summed E-state index contributed by atoms with van der Waals surface area (Å²) in [6.45, 7) is 3.59. The van der Waals surface area contributed by atoms with Crippen molar-refractivity contribution in [1.29, 1.82) is 0 Å². The van der Waals surface area contributed by atoms with Crippen LogP contribution in [0.5, 0.6) is 0 Å². The van der Waals surface area contributed by atoms with Crippen LogP contribution in [0.15, 0.2) is 45.9 Å². The maximum Gasteiger partial charge on any atom is 0.191 e. The van der Waals surface area contributed by atoms with Crippen molar-refractivity contribution < 1.29 is 4.52 Å². The van der Waals surface area contributed by atoms with Crippen molar-refractivity contribution in [2.24, 2.45) is 4.99 Å². The van der Waals surface area contributed by atoms with Crippen LogP contribution >= 0.6 is 24.0 Å². The van der Waals surface area contributed by atoms with Gasteiger partial charge in [0.05, 0.1) is 6.54 Å². The van der Waals surface area contributed by atoms with E-state index in [1.807, 2.05) is 36.4 Å². The van der Waals surface area contributed by atoms with Gasteiger partial charge in [-0.15, -0.1) is 24.0 Å². The van der Waals surface area contributed by atoms with Crippen molar-refractivity contribution in [3.8, 4) is 11.3 Å². The number of rotatable bonds is 5. The van der Waals surface area contributed by atoms with E-state index in [0.717, 1.165) is 35.9 Å². The SMILES string of the molecule is CCCNC(=NC)NCc1cc(-c2ccccc2)on1.I. The first-order valence-corrected chi connectivity index (χ1v) is 6.79. The smallest absolute Gasteiger partial charge is 0.191 e.